The molecule has 1 aromatic carbocycles. The fourth-order valence-electron chi connectivity index (χ4n) is 1.61. The molecule has 0 bridgehead atoms. The first kappa shape index (κ1) is 10.5. The largest absolute Gasteiger partial charge is 0.314 e. The molecule has 1 heterocycles. The van der Waals surface area contributed by atoms with Gasteiger partial charge in [-0.2, -0.15) is 4.39 Å². The van der Waals surface area contributed by atoms with Gasteiger partial charge in [-0.05, 0) is 17.7 Å². The summed E-state index contributed by atoms with van der Waals surface area (Å²) in [5.74, 6) is -0.914. The average molecular weight is 215 g/mol. The molecule has 0 amide bonds. The van der Waals surface area contributed by atoms with Gasteiger partial charge in [-0.25, -0.2) is 0 Å². The summed E-state index contributed by atoms with van der Waals surface area (Å²) >= 11 is 0. The fourth-order valence-corrected chi connectivity index (χ4v) is 1.61. The summed E-state index contributed by atoms with van der Waals surface area (Å²) < 4.78 is 13.1. The first-order chi connectivity index (χ1) is 7.79. The van der Waals surface area contributed by atoms with Crippen LogP contribution < -0.4 is 0 Å². The summed E-state index contributed by atoms with van der Waals surface area (Å²) in [6, 6.07) is 12.5. The molecule has 1 unspecified atom stereocenters. The van der Waals surface area contributed by atoms with Crippen LogP contribution in [-0.4, -0.2) is 11.0 Å². The molecular weight excluding hydrogens is 205 g/mol. The van der Waals surface area contributed by atoms with E-state index >= 15 is 0 Å². The molecule has 2 rings (SSSR count). The third-order valence-electron chi connectivity index (χ3n) is 2.34. The maximum Gasteiger partial charge on any atom is 0.314 e. The smallest absolute Gasteiger partial charge is 0.260 e. The zero-order valence-electron chi connectivity index (χ0n) is 8.51. The van der Waals surface area contributed by atoms with Crippen LogP contribution in [0.15, 0.2) is 54.7 Å². The Balaban J connectivity index is 2.44. The molecule has 0 fully saturated rings. The molecule has 0 radical (unpaired) electrons. The van der Waals surface area contributed by atoms with Gasteiger partial charge in [0.15, 0.2) is 0 Å². The molecule has 3 heteroatoms. The lowest BCUT2D eigenvalue weighted by Crippen LogP contribution is -2.10. The van der Waals surface area contributed by atoms with Crippen LogP contribution in [0.4, 0.5) is 4.39 Å². The molecule has 0 aliphatic rings. The summed E-state index contributed by atoms with van der Waals surface area (Å²) in [6.07, 6.45) is 1.55. The van der Waals surface area contributed by atoms with Gasteiger partial charge in [0, 0.05) is 6.20 Å². The third kappa shape index (κ3) is 2.14. The Morgan fingerprint density at radius 1 is 1.06 bits per heavy atom. The van der Waals surface area contributed by atoms with Gasteiger partial charge in [-0.15, -0.1) is 0 Å². The van der Waals surface area contributed by atoms with Gasteiger partial charge < -0.3 is 0 Å². The third-order valence-corrected chi connectivity index (χ3v) is 2.34. The second kappa shape index (κ2) is 4.66. The van der Waals surface area contributed by atoms with Crippen LogP contribution in [0.2, 0.25) is 0 Å². The molecule has 0 spiro atoms. The maximum atomic E-state index is 13.1. The lowest BCUT2D eigenvalue weighted by atomic mass is 9.96. The zero-order chi connectivity index (χ0) is 11.4. The normalized spacial score (nSPS) is 12.1. The second-order valence-corrected chi connectivity index (χ2v) is 3.40. The number of hydrogen-bond donors (Lipinski definition) is 0. The molecule has 1 aromatic heterocycles. The van der Waals surface area contributed by atoms with Crippen LogP contribution >= 0.6 is 0 Å². The van der Waals surface area contributed by atoms with E-state index in [-0.39, 0.29) is 0 Å². The minimum absolute atomic E-state index is 0.432. The Hall–Kier alpha value is -2.03. The van der Waals surface area contributed by atoms with Crippen molar-refractivity contribution in [1.82, 2.24) is 4.98 Å². The van der Waals surface area contributed by atoms with Gasteiger partial charge in [0.25, 0.3) is 0 Å². The van der Waals surface area contributed by atoms with E-state index in [0.29, 0.717) is 11.3 Å². The number of halogens is 1. The summed E-state index contributed by atoms with van der Waals surface area (Å²) in [7, 11) is 0. The van der Waals surface area contributed by atoms with Crippen molar-refractivity contribution in [3.63, 3.8) is 0 Å². The summed E-state index contributed by atoms with van der Waals surface area (Å²) in [4.78, 5) is 15.1. The molecule has 0 saturated heterocycles. The van der Waals surface area contributed by atoms with Crippen molar-refractivity contribution < 1.29 is 9.18 Å². The minimum Gasteiger partial charge on any atom is -0.260 e. The van der Waals surface area contributed by atoms with Crippen molar-refractivity contribution in [2.45, 2.75) is 5.92 Å². The minimum atomic E-state index is -1.38. The highest BCUT2D eigenvalue weighted by Gasteiger charge is 2.23. The topological polar surface area (TPSA) is 30.0 Å². The average Bonchev–Trinajstić information content (AvgIpc) is 2.31. The van der Waals surface area contributed by atoms with E-state index in [0.717, 1.165) is 0 Å². The number of rotatable bonds is 3. The van der Waals surface area contributed by atoms with E-state index in [1.165, 1.54) is 0 Å². The van der Waals surface area contributed by atoms with Gasteiger partial charge in [0.2, 0.25) is 0 Å². The van der Waals surface area contributed by atoms with E-state index < -0.39 is 12.0 Å². The zero-order valence-corrected chi connectivity index (χ0v) is 8.51. The highest BCUT2D eigenvalue weighted by molar-refractivity contribution is 5.80. The van der Waals surface area contributed by atoms with Crippen LogP contribution in [0.25, 0.3) is 0 Å². The van der Waals surface area contributed by atoms with Crippen molar-refractivity contribution in [3.8, 4) is 0 Å². The Labute approximate surface area is 92.8 Å². The molecule has 0 N–H and O–H groups in total. The van der Waals surface area contributed by atoms with Crippen molar-refractivity contribution in [2.24, 2.45) is 0 Å². The number of pyridine rings is 1. The molecule has 16 heavy (non-hydrogen) atoms. The molecule has 0 aliphatic heterocycles. The molecule has 0 saturated carbocycles. The number of hydrogen-bond acceptors (Lipinski definition) is 2. The lowest BCUT2D eigenvalue weighted by molar-refractivity contribution is -0.129. The van der Waals surface area contributed by atoms with E-state index in [2.05, 4.69) is 4.98 Å². The van der Waals surface area contributed by atoms with Crippen LogP contribution in [0.3, 0.4) is 0 Å². The number of nitrogens with zero attached hydrogens (tertiary/aromatic N) is 1. The van der Waals surface area contributed by atoms with Crippen molar-refractivity contribution in [3.05, 3.63) is 66.0 Å². The highest BCUT2D eigenvalue weighted by atomic mass is 19.1. The number of aromatic nitrogens is 1. The van der Waals surface area contributed by atoms with Crippen LogP contribution in [0.1, 0.15) is 17.2 Å². The summed E-state index contributed by atoms with van der Waals surface area (Å²) in [5.41, 5.74) is 1.05. The van der Waals surface area contributed by atoms with Crippen molar-refractivity contribution in [2.75, 3.05) is 0 Å². The Bertz CT molecular complexity index is 430. The molecule has 0 aliphatic carbocycles. The number of benzene rings is 1. The Morgan fingerprint density at radius 3 is 2.31 bits per heavy atom. The standard InChI is InChI=1S/C13H10FNO/c14-13(16)12(10-6-2-1-3-7-10)11-8-4-5-9-15-11/h1-9,12H. The van der Waals surface area contributed by atoms with Gasteiger partial charge in [0.1, 0.15) is 5.92 Å². The van der Waals surface area contributed by atoms with Crippen molar-refractivity contribution >= 4 is 6.04 Å². The Kier molecular flexibility index (Phi) is 3.05. The lowest BCUT2D eigenvalue weighted by Gasteiger charge is -2.10. The SMILES string of the molecule is O=C(F)C(c1ccccc1)c1ccccn1. The summed E-state index contributed by atoms with van der Waals surface area (Å²) in [6.45, 7) is 0. The summed E-state index contributed by atoms with van der Waals surface area (Å²) in [5, 5.41) is 0. The second-order valence-electron chi connectivity index (χ2n) is 3.40. The van der Waals surface area contributed by atoms with Crippen molar-refractivity contribution in [1.29, 1.82) is 0 Å². The Morgan fingerprint density at radius 2 is 1.75 bits per heavy atom. The van der Waals surface area contributed by atoms with Crippen LogP contribution in [-0.2, 0) is 4.79 Å². The van der Waals surface area contributed by atoms with Gasteiger partial charge in [0.05, 0.1) is 5.69 Å². The maximum absolute atomic E-state index is 13.1. The van der Waals surface area contributed by atoms with Gasteiger partial charge >= 0.3 is 6.04 Å². The van der Waals surface area contributed by atoms with Crippen LogP contribution in [0, 0.1) is 0 Å². The predicted octanol–water partition coefficient (Wildman–Crippen LogP) is 2.71. The quantitative estimate of drug-likeness (QED) is 0.737. The molecule has 80 valence electrons. The first-order valence-corrected chi connectivity index (χ1v) is 4.94. The molecular formula is C13H10FNO. The fraction of sp³-hybridized carbons (Fsp3) is 0.0769. The number of carbonyl (C=O) groups is 1. The number of carbonyl (C=O) groups excluding carboxylic acids is 1. The highest BCUT2D eigenvalue weighted by Crippen LogP contribution is 2.23. The van der Waals surface area contributed by atoms with Gasteiger partial charge in [-0.1, -0.05) is 36.4 Å². The van der Waals surface area contributed by atoms with Gasteiger partial charge in [-0.3, -0.25) is 9.78 Å². The van der Waals surface area contributed by atoms with E-state index in [1.807, 2.05) is 6.07 Å². The first-order valence-electron chi connectivity index (χ1n) is 4.94. The predicted molar refractivity (Wildman–Crippen MR) is 58.6 cm³/mol. The monoisotopic (exact) mass is 215 g/mol. The van der Waals surface area contributed by atoms with Crippen LogP contribution in [0.5, 0.6) is 0 Å². The molecule has 2 aromatic rings. The van der Waals surface area contributed by atoms with E-state index in [4.69, 9.17) is 0 Å². The van der Waals surface area contributed by atoms with E-state index in [1.54, 1.807) is 48.7 Å². The molecule has 2 nitrogen and oxygen atoms in total. The molecule has 1 atom stereocenters. The van der Waals surface area contributed by atoms with E-state index in [9.17, 15) is 9.18 Å².